The van der Waals surface area contributed by atoms with E-state index in [0.29, 0.717) is 16.7 Å². The molecule has 2 nitrogen and oxygen atoms in total. The minimum Gasteiger partial charge on any atom is -0.393 e. The Hall–Kier alpha value is -0.0800. The van der Waals surface area contributed by atoms with Gasteiger partial charge < -0.3 is 10.2 Å². The number of aliphatic hydroxyl groups excluding tert-OH is 2. The van der Waals surface area contributed by atoms with E-state index >= 15 is 0 Å². The quantitative estimate of drug-likeness (QED) is 0.752. The summed E-state index contributed by atoms with van der Waals surface area (Å²) in [5.41, 5.74) is 0.860. The van der Waals surface area contributed by atoms with Crippen LogP contribution in [-0.4, -0.2) is 22.4 Å². The summed E-state index contributed by atoms with van der Waals surface area (Å²) in [5, 5.41) is 20.4. The zero-order chi connectivity index (χ0) is 16.4. The fraction of sp³-hybridized carbons (Fsp3) is 1.00. The van der Waals surface area contributed by atoms with Crippen LogP contribution in [-0.2, 0) is 0 Å². The summed E-state index contributed by atoms with van der Waals surface area (Å²) in [6.07, 6.45) is 11.1. The van der Waals surface area contributed by atoms with Gasteiger partial charge in [-0.25, -0.2) is 0 Å². The van der Waals surface area contributed by atoms with Crippen LogP contribution < -0.4 is 0 Å². The van der Waals surface area contributed by atoms with E-state index in [9.17, 15) is 10.2 Å². The highest BCUT2D eigenvalue weighted by Gasteiger charge is 2.60. The monoisotopic (exact) mass is 320 g/mol. The molecule has 0 saturated heterocycles. The van der Waals surface area contributed by atoms with Crippen LogP contribution in [0.1, 0.15) is 78.6 Å². The van der Waals surface area contributed by atoms with Crippen LogP contribution in [0.5, 0.6) is 0 Å². The van der Waals surface area contributed by atoms with Crippen molar-refractivity contribution in [1.29, 1.82) is 0 Å². The number of rotatable bonds is 1. The first-order chi connectivity index (χ1) is 10.9. The molecule has 132 valence electrons. The van der Waals surface area contributed by atoms with Gasteiger partial charge in [-0.05, 0) is 105 Å². The molecule has 0 spiro atoms. The van der Waals surface area contributed by atoms with Gasteiger partial charge in [0.2, 0.25) is 0 Å². The second-order valence-corrected chi connectivity index (χ2v) is 10.1. The van der Waals surface area contributed by atoms with Crippen LogP contribution in [0.2, 0.25) is 0 Å². The molecule has 4 aliphatic rings. The van der Waals surface area contributed by atoms with Gasteiger partial charge in [0.15, 0.2) is 0 Å². The Morgan fingerprint density at radius 3 is 2.30 bits per heavy atom. The Labute approximate surface area is 142 Å². The summed E-state index contributed by atoms with van der Waals surface area (Å²) in [7, 11) is 0. The molecule has 0 aromatic carbocycles. The highest BCUT2D eigenvalue weighted by atomic mass is 16.3. The topological polar surface area (TPSA) is 40.5 Å². The lowest BCUT2D eigenvalue weighted by Gasteiger charge is -2.61. The highest BCUT2D eigenvalue weighted by molar-refractivity contribution is 5.09. The van der Waals surface area contributed by atoms with E-state index in [1.54, 1.807) is 0 Å². The van der Waals surface area contributed by atoms with E-state index in [-0.39, 0.29) is 12.2 Å². The number of fused-ring (bicyclic) bond motifs is 5. The molecule has 0 radical (unpaired) electrons. The fourth-order valence-electron chi connectivity index (χ4n) is 8.07. The molecule has 0 aliphatic heterocycles. The number of hydrogen-bond acceptors (Lipinski definition) is 2. The molecule has 9 atom stereocenters. The zero-order valence-corrected chi connectivity index (χ0v) is 15.3. The van der Waals surface area contributed by atoms with Crippen molar-refractivity contribution in [3.8, 4) is 0 Å². The Morgan fingerprint density at radius 2 is 1.57 bits per heavy atom. The standard InChI is InChI=1S/C21H36O2/c1-13(22)17-6-7-18-16-5-4-14-12-15(23)8-10-20(14,2)19(16)9-11-21(17,18)3/h13-19,22-23H,4-12H2,1-3H3/t13-,14-,15+,16-,17-,18+,19-,20-,21+/m0/s1. The SMILES string of the molecule is C[C@H](O)[C@@H]1CC[C@@H]2[C@@H]3CC[C@H]4C[C@H](O)CC[C@]4(C)[C@H]3CC[C@@]21C. The van der Waals surface area contributed by atoms with Gasteiger partial charge in [0.1, 0.15) is 0 Å². The van der Waals surface area contributed by atoms with Gasteiger partial charge in [0.05, 0.1) is 12.2 Å². The maximum atomic E-state index is 10.3. The van der Waals surface area contributed by atoms with Gasteiger partial charge in [-0.15, -0.1) is 0 Å². The fourth-order valence-corrected chi connectivity index (χ4v) is 8.07. The molecule has 4 saturated carbocycles. The normalized spacial score (nSPS) is 57.3. The molecule has 0 amide bonds. The largest absolute Gasteiger partial charge is 0.393 e. The van der Waals surface area contributed by atoms with Crippen molar-refractivity contribution in [2.24, 2.45) is 40.4 Å². The molecule has 4 rings (SSSR count). The third-order valence-electron chi connectivity index (χ3n) is 9.29. The maximum absolute atomic E-state index is 10.3. The number of hydrogen-bond donors (Lipinski definition) is 2. The molecule has 0 aromatic rings. The van der Waals surface area contributed by atoms with Crippen molar-refractivity contribution in [1.82, 2.24) is 0 Å². The highest BCUT2D eigenvalue weighted by Crippen LogP contribution is 2.67. The van der Waals surface area contributed by atoms with Crippen molar-refractivity contribution in [3.63, 3.8) is 0 Å². The summed E-state index contributed by atoms with van der Waals surface area (Å²) >= 11 is 0. The molecule has 2 heteroatoms. The molecule has 0 bridgehead atoms. The first-order valence-corrected chi connectivity index (χ1v) is 10.2. The molecule has 4 aliphatic carbocycles. The van der Waals surface area contributed by atoms with E-state index < -0.39 is 0 Å². The van der Waals surface area contributed by atoms with Gasteiger partial charge in [-0.1, -0.05) is 13.8 Å². The van der Waals surface area contributed by atoms with Crippen LogP contribution in [0, 0.1) is 40.4 Å². The van der Waals surface area contributed by atoms with Crippen molar-refractivity contribution < 1.29 is 10.2 Å². The van der Waals surface area contributed by atoms with Crippen LogP contribution >= 0.6 is 0 Å². The van der Waals surface area contributed by atoms with Crippen LogP contribution in [0.25, 0.3) is 0 Å². The third kappa shape index (κ3) is 2.27. The van der Waals surface area contributed by atoms with Crippen molar-refractivity contribution in [3.05, 3.63) is 0 Å². The summed E-state index contributed by atoms with van der Waals surface area (Å²) in [5.74, 6) is 3.87. The predicted molar refractivity (Wildman–Crippen MR) is 92.9 cm³/mol. The Balaban J connectivity index is 1.60. The van der Waals surface area contributed by atoms with Crippen molar-refractivity contribution in [2.75, 3.05) is 0 Å². The minimum absolute atomic E-state index is 0.0374. The summed E-state index contributed by atoms with van der Waals surface area (Å²) in [6, 6.07) is 0. The van der Waals surface area contributed by atoms with Gasteiger partial charge in [-0.3, -0.25) is 0 Å². The summed E-state index contributed by atoms with van der Waals surface area (Å²) < 4.78 is 0. The van der Waals surface area contributed by atoms with E-state index in [2.05, 4.69) is 13.8 Å². The predicted octanol–water partition coefficient (Wildman–Crippen LogP) is 4.39. The van der Waals surface area contributed by atoms with E-state index in [1.165, 1.54) is 44.9 Å². The molecule has 4 fully saturated rings. The van der Waals surface area contributed by atoms with Gasteiger partial charge in [0.25, 0.3) is 0 Å². The van der Waals surface area contributed by atoms with Gasteiger partial charge in [0, 0.05) is 0 Å². The van der Waals surface area contributed by atoms with Crippen molar-refractivity contribution in [2.45, 2.75) is 90.8 Å². The maximum Gasteiger partial charge on any atom is 0.0545 e. The van der Waals surface area contributed by atoms with Crippen LogP contribution in [0.3, 0.4) is 0 Å². The second kappa shape index (κ2) is 5.46. The van der Waals surface area contributed by atoms with E-state index in [4.69, 9.17) is 0 Å². The first-order valence-electron chi connectivity index (χ1n) is 10.2. The average Bonchev–Trinajstić information content (AvgIpc) is 2.85. The molecule has 0 heterocycles. The lowest BCUT2D eigenvalue weighted by molar-refractivity contribution is -0.132. The molecule has 23 heavy (non-hydrogen) atoms. The van der Waals surface area contributed by atoms with E-state index in [0.717, 1.165) is 36.5 Å². The molecule has 2 N–H and O–H groups in total. The van der Waals surface area contributed by atoms with Crippen LogP contribution in [0.4, 0.5) is 0 Å². The second-order valence-electron chi connectivity index (χ2n) is 10.1. The van der Waals surface area contributed by atoms with Gasteiger partial charge >= 0.3 is 0 Å². The number of aliphatic hydroxyl groups is 2. The lowest BCUT2D eigenvalue weighted by Crippen LogP contribution is -2.54. The minimum atomic E-state index is -0.140. The zero-order valence-electron chi connectivity index (χ0n) is 15.3. The average molecular weight is 321 g/mol. The summed E-state index contributed by atoms with van der Waals surface area (Å²) in [4.78, 5) is 0. The Bertz CT molecular complexity index is 461. The smallest absolute Gasteiger partial charge is 0.0545 e. The van der Waals surface area contributed by atoms with Crippen LogP contribution in [0.15, 0.2) is 0 Å². The third-order valence-corrected chi connectivity index (χ3v) is 9.29. The molecule has 0 unspecified atom stereocenters. The molecule has 0 aromatic heterocycles. The lowest BCUT2D eigenvalue weighted by atomic mass is 9.44. The van der Waals surface area contributed by atoms with Crippen molar-refractivity contribution >= 4 is 0 Å². The Morgan fingerprint density at radius 1 is 0.870 bits per heavy atom. The molecular formula is C21H36O2. The van der Waals surface area contributed by atoms with Gasteiger partial charge in [-0.2, -0.15) is 0 Å². The molecular weight excluding hydrogens is 284 g/mol. The van der Waals surface area contributed by atoms with E-state index in [1.807, 2.05) is 6.92 Å². The first kappa shape index (κ1) is 16.4. The Kier molecular flexibility index (Phi) is 3.89. The summed E-state index contributed by atoms with van der Waals surface area (Å²) in [6.45, 7) is 7.08.